The van der Waals surface area contributed by atoms with E-state index in [2.05, 4.69) is 13.2 Å². The maximum atomic E-state index is 5.22. The van der Waals surface area contributed by atoms with E-state index in [0.29, 0.717) is 5.70 Å². The van der Waals surface area contributed by atoms with Crippen LogP contribution in [0.2, 0.25) is 0 Å². The minimum Gasteiger partial charge on any atom is -0.399 e. The molecule has 0 atom stereocenters. The molecule has 0 aliphatic heterocycles. The van der Waals surface area contributed by atoms with Gasteiger partial charge < -0.3 is 5.73 Å². The Morgan fingerprint density at radius 3 is 1.70 bits per heavy atom. The van der Waals surface area contributed by atoms with Gasteiger partial charge in [-0.1, -0.05) is 38.7 Å². The SMILES string of the molecule is C=C(C)/C=C\C(=C)N.CC. The molecule has 1 heteroatoms. The topological polar surface area (TPSA) is 26.0 Å². The summed E-state index contributed by atoms with van der Waals surface area (Å²) in [5.41, 5.74) is 6.76. The fourth-order valence-electron chi connectivity index (χ4n) is 0.249. The third-order valence-electron chi connectivity index (χ3n) is 0.582. The highest BCUT2D eigenvalue weighted by molar-refractivity contribution is 5.20. The Balaban J connectivity index is 0. The number of nitrogens with two attached hydrogens (primary N) is 1. The summed E-state index contributed by atoms with van der Waals surface area (Å²) in [4.78, 5) is 0. The Morgan fingerprint density at radius 1 is 1.20 bits per heavy atom. The predicted molar refractivity (Wildman–Crippen MR) is 48.6 cm³/mol. The van der Waals surface area contributed by atoms with Gasteiger partial charge in [0.05, 0.1) is 0 Å². The van der Waals surface area contributed by atoms with Gasteiger partial charge in [-0.3, -0.25) is 0 Å². The Bertz CT molecular complexity index is 116. The van der Waals surface area contributed by atoms with Gasteiger partial charge in [0, 0.05) is 5.70 Å². The lowest BCUT2D eigenvalue weighted by Crippen LogP contribution is -1.87. The van der Waals surface area contributed by atoms with Crippen molar-refractivity contribution in [2.75, 3.05) is 0 Å². The maximum Gasteiger partial charge on any atom is 0.0241 e. The zero-order valence-corrected chi connectivity index (χ0v) is 7.15. The first-order chi connectivity index (χ1) is 4.63. The predicted octanol–water partition coefficient (Wildman–Crippen LogP) is 2.62. The second-order valence-corrected chi connectivity index (χ2v) is 1.75. The molecule has 0 saturated carbocycles. The molecule has 0 aromatic rings. The van der Waals surface area contributed by atoms with Crippen LogP contribution in [-0.2, 0) is 0 Å². The zero-order valence-electron chi connectivity index (χ0n) is 7.15. The first-order valence-corrected chi connectivity index (χ1v) is 3.41. The van der Waals surface area contributed by atoms with Crippen molar-refractivity contribution >= 4 is 0 Å². The average molecular weight is 139 g/mol. The van der Waals surface area contributed by atoms with E-state index in [1.807, 2.05) is 26.8 Å². The highest BCUT2D eigenvalue weighted by atomic mass is 14.5. The van der Waals surface area contributed by atoms with Crippen LogP contribution in [0.5, 0.6) is 0 Å². The maximum absolute atomic E-state index is 5.22. The normalized spacial score (nSPS) is 8.30. The van der Waals surface area contributed by atoms with E-state index in [4.69, 9.17) is 5.73 Å². The average Bonchev–Trinajstić information content (AvgIpc) is 1.89. The molecule has 0 aliphatic carbocycles. The van der Waals surface area contributed by atoms with Gasteiger partial charge in [-0.2, -0.15) is 0 Å². The van der Waals surface area contributed by atoms with Crippen LogP contribution >= 0.6 is 0 Å². The van der Waals surface area contributed by atoms with Crippen molar-refractivity contribution < 1.29 is 0 Å². The van der Waals surface area contributed by atoms with Crippen LogP contribution in [0.3, 0.4) is 0 Å². The standard InChI is InChI=1S/C7H11N.C2H6/c1-6(2)4-5-7(3)8;1-2/h4-5H,1,3,8H2,2H3;1-2H3/b5-4-;. The molecular weight excluding hydrogens is 122 g/mol. The fraction of sp³-hybridized carbons (Fsp3) is 0.333. The van der Waals surface area contributed by atoms with Crippen LogP contribution in [0.4, 0.5) is 0 Å². The molecule has 2 N–H and O–H groups in total. The van der Waals surface area contributed by atoms with Crippen LogP contribution in [0.25, 0.3) is 0 Å². The molecule has 0 fully saturated rings. The van der Waals surface area contributed by atoms with E-state index in [9.17, 15) is 0 Å². The first kappa shape index (κ1) is 11.8. The molecule has 0 radical (unpaired) electrons. The highest BCUT2D eigenvalue weighted by Crippen LogP contribution is 1.90. The van der Waals surface area contributed by atoms with Gasteiger partial charge in [-0.15, -0.1) is 0 Å². The van der Waals surface area contributed by atoms with E-state index in [1.54, 1.807) is 6.08 Å². The van der Waals surface area contributed by atoms with E-state index in [-0.39, 0.29) is 0 Å². The largest absolute Gasteiger partial charge is 0.399 e. The van der Waals surface area contributed by atoms with E-state index in [1.165, 1.54) is 0 Å². The minimum atomic E-state index is 0.563. The van der Waals surface area contributed by atoms with Crippen LogP contribution in [0, 0.1) is 0 Å². The molecule has 0 unspecified atom stereocenters. The molecule has 0 heterocycles. The third-order valence-corrected chi connectivity index (χ3v) is 0.582. The number of hydrogen-bond acceptors (Lipinski definition) is 1. The van der Waals surface area contributed by atoms with Crippen molar-refractivity contribution in [3.63, 3.8) is 0 Å². The summed E-state index contributed by atoms with van der Waals surface area (Å²) in [6.45, 7) is 13.0. The summed E-state index contributed by atoms with van der Waals surface area (Å²) in [7, 11) is 0. The minimum absolute atomic E-state index is 0.563. The van der Waals surface area contributed by atoms with E-state index in [0.717, 1.165) is 5.57 Å². The van der Waals surface area contributed by atoms with Gasteiger partial charge in [-0.05, 0) is 13.0 Å². The monoisotopic (exact) mass is 139 g/mol. The zero-order chi connectivity index (χ0) is 8.57. The number of allylic oxidation sites excluding steroid dienone is 3. The second kappa shape index (κ2) is 8.02. The van der Waals surface area contributed by atoms with Crippen molar-refractivity contribution in [3.8, 4) is 0 Å². The molecule has 0 rings (SSSR count). The molecule has 0 aromatic heterocycles. The fourth-order valence-corrected chi connectivity index (χ4v) is 0.249. The molecule has 1 nitrogen and oxygen atoms in total. The van der Waals surface area contributed by atoms with Gasteiger partial charge in [-0.25, -0.2) is 0 Å². The van der Waals surface area contributed by atoms with Crippen LogP contribution in [0.15, 0.2) is 36.6 Å². The summed E-state index contributed by atoms with van der Waals surface area (Å²) in [5, 5.41) is 0. The van der Waals surface area contributed by atoms with Crippen molar-refractivity contribution in [1.82, 2.24) is 0 Å². The lowest BCUT2D eigenvalue weighted by molar-refractivity contribution is 1.43. The quantitative estimate of drug-likeness (QED) is 0.585. The van der Waals surface area contributed by atoms with Crippen molar-refractivity contribution in [2.45, 2.75) is 20.8 Å². The molecule has 10 heavy (non-hydrogen) atoms. The Morgan fingerprint density at radius 2 is 1.60 bits per heavy atom. The van der Waals surface area contributed by atoms with Gasteiger partial charge in [0.15, 0.2) is 0 Å². The summed E-state index contributed by atoms with van der Waals surface area (Å²) >= 11 is 0. The van der Waals surface area contributed by atoms with E-state index >= 15 is 0 Å². The molecule has 0 saturated heterocycles. The lowest BCUT2D eigenvalue weighted by Gasteiger charge is -1.84. The number of rotatable bonds is 2. The number of hydrogen-bond donors (Lipinski definition) is 1. The molecule has 0 aliphatic rings. The van der Waals surface area contributed by atoms with Crippen LogP contribution in [-0.4, -0.2) is 0 Å². The van der Waals surface area contributed by atoms with Gasteiger partial charge in [0.2, 0.25) is 0 Å². The van der Waals surface area contributed by atoms with E-state index < -0.39 is 0 Å². The molecule has 0 aromatic carbocycles. The van der Waals surface area contributed by atoms with Gasteiger partial charge in [0.1, 0.15) is 0 Å². The molecule has 0 spiro atoms. The van der Waals surface area contributed by atoms with Gasteiger partial charge in [0.25, 0.3) is 0 Å². The highest BCUT2D eigenvalue weighted by Gasteiger charge is 1.72. The van der Waals surface area contributed by atoms with Crippen molar-refractivity contribution in [1.29, 1.82) is 0 Å². The summed E-state index contributed by atoms with van der Waals surface area (Å²) in [6.07, 6.45) is 3.55. The van der Waals surface area contributed by atoms with Crippen LogP contribution < -0.4 is 5.73 Å². The molecule has 58 valence electrons. The Hall–Kier alpha value is -0.980. The lowest BCUT2D eigenvalue weighted by atomic mass is 10.3. The Labute approximate surface area is 63.9 Å². The third kappa shape index (κ3) is 15.7. The molecule has 0 amide bonds. The first-order valence-electron chi connectivity index (χ1n) is 3.41. The van der Waals surface area contributed by atoms with Crippen molar-refractivity contribution in [2.24, 2.45) is 5.73 Å². The second-order valence-electron chi connectivity index (χ2n) is 1.75. The van der Waals surface area contributed by atoms with Crippen molar-refractivity contribution in [3.05, 3.63) is 36.6 Å². The molecular formula is C9H17N. The summed E-state index contributed by atoms with van der Waals surface area (Å²) in [5.74, 6) is 0. The summed E-state index contributed by atoms with van der Waals surface area (Å²) < 4.78 is 0. The smallest absolute Gasteiger partial charge is 0.0241 e. The van der Waals surface area contributed by atoms with Crippen LogP contribution in [0.1, 0.15) is 20.8 Å². The summed E-state index contributed by atoms with van der Waals surface area (Å²) in [6, 6.07) is 0. The Kier molecular flexibility index (Phi) is 9.44. The van der Waals surface area contributed by atoms with Gasteiger partial charge >= 0.3 is 0 Å². The molecule has 0 bridgehead atoms.